The van der Waals surface area contributed by atoms with Crippen molar-refractivity contribution in [1.82, 2.24) is 4.90 Å². The van der Waals surface area contributed by atoms with Gasteiger partial charge >= 0.3 is 0 Å². The van der Waals surface area contributed by atoms with Crippen LogP contribution in [0, 0.1) is 0 Å². The van der Waals surface area contributed by atoms with E-state index in [0.29, 0.717) is 22.8 Å². The zero-order valence-electron chi connectivity index (χ0n) is 15.1. The highest BCUT2D eigenvalue weighted by Crippen LogP contribution is 2.54. The molecule has 0 spiro atoms. The summed E-state index contributed by atoms with van der Waals surface area (Å²) < 4.78 is 22.6. The lowest BCUT2D eigenvalue weighted by atomic mass is 9.74. The van der Waals surface area contributed by atoms with E-state index in [1.165, 1.54) is 5.57 Å². The second kappa shape index (κ2) is 6.20. The van der Waals surface area contributed by atoms with Gasteiger partial charge in [-0.2, -0.15) is 0 Å². The van der Waals surface area contributed by atoms with E-state index in [4.69, 9.17) is 18.9 Å². The number of likely N-dealkylation sites (N-methyl/N-ethyl adjacent to an activating group) is 1. The number of benzene rings is 1. The molecule has 1 saturated heterocycles. The lowest BCUT2D eigenvalue weighted by molar-refractivity contribution is -0.163. The number of rotatable bonds is 3. The van der Waals surface area contributed by atoms with Crippen LogP contribution in [0.4, 0.5) is 0 Å². The van der Waals surface area contributed by atoms with Crippen molar-refractivity contribution < 1.29 is 24.1 Å². The minimum Gasteiger partial charge on any atom is -0.493 e. The summed E-state index contributed by atoms with van der Waals surface area (Å²) in [6.45, 7) is 1.04. The van der Waals surface area contributed by atoms with Crippen LogP contribution in [0.2, 0.25) is 0 Å². The Bertz CT molecular complexity index is 716. The van der Waals surface area contributed by atoms with Gasteiger partial charge in [0.15, 0.2) is 17.8 Å². The van der Waals surface area contributed by atoms with Gasteiger partial charge in [-0.05, 0) is 31.5 Å². The van der Waals surface area contributed by atoms with Crippen LogP contribution in [0.25, 0.3) is 0 Å². The average Bonchev–Trinajstić information content (AvgIpc) is 3.00. The summed E-state index contributed by atoms with van der Waals surface area (Å²) in [7, 11) is 6.91. The lowest BCUT2D eigenvalue weighted by Crippen LogP contribution is -2.45. The Morgan fingerprint density at radius 3 is 2.60 bits per heavy atom. The van der Waals surface area contributed by atoms with Gasteiger partial charge in [-0.1, -0.05) is 11.6 Å². The Labute approximate surface area is 147 Å². The molecule has 4 atom stereocenters. The van der Waals surface area contributed by atoms with Gasteiger partial charge in [0.1, 0.15) is 0 Å². The molecule has 3 aliphatic rings. The molecule has 6 heteroatoms. The molecule has 1 aromatic carbocycles. The molecule has 2 aliphatic heterocycles. The largest absolute Gasteiger partial charge is 0.493 e. The molecule has 0 amide bonds. The first kappa shape index (κ1) is 16.7. The molecule has 4 rings (SSSR count). The fourth-order valence-electron chi connectivity index (χ4n) is 4.69. The first-order valence-electron chi connectivity index (χ1n) is 8.66. The van der Waals surface area contributed by atoms with Crippen LogP contribution in [-0.2, 0) is 4.74 Å². The minimum atomic E-state index is -1.03. The molecule has 6 nitrogen and oxygen atoms in total. The third-order valence-corrected chi connectivity index (χ3v) is 5.77. The van der Waals surface area contributed by atoms with Gasteiger partial charge in [-0.15, -0.1) is 0 Å². The summed E-state index contributed by atoms with van der Waals surface area (Å²) >= 11 is 0. The number of nitrogens with zero attached hydrogens (tertiary/aromatic N) is 1. The molecule has 0 saturated carbocycles. The molecule has 0 radical (unpaired) electrons. The van der Waals surface area contributed by atoms with Crippen LogP contribution in [0.5, 0.6) is 17.2 Å². The lowest BCUT2D eigenvalue weighted by Gasteiger charge is -2.44. The number of fused-ring (bicyclic) bond motifs is 5. The highest BCUT2D eigenvalue weighted by Gasteiger charge is 2.48. The monoisotopic (exact) mass is 347 g/mol. The maximum atomic E-state index is 10.7. The Morgan fingerprint density at radius 1 is 1.16 bits per heavy atom. The molecular formula is C19H25NO5. The summed E-state index contributed by atoms with van der Waals surface area (Å²) in [5.74, 6) is 1.72. The molecule has 0 bridgehead atoms. The molecular weight excluding hydrogens is 322 g/mol. The van der Waals surface area contributed by atoms with Gasteiger partial charge in [-0.25, -0.2) is 0 Å². The van der Waals surface area contributed by atoms with Gasteiger partial charge in [0.05, 0.1) is 33.0 Å². The van der Waals surface area contributed by atoms with E-state index in [2.05, 4.69) is 18.0 Å². The van der Waals surface area contributed by atoms with Gasteiger partial charge in [0, 0.05) is 18.5 Å². The molecule has 2 unspecified atom stereocenters. The summed E-state index contributed by atoms with van der Waals surface area (Å²) in [4.78, 5) is 2.37. The minimum absolute atomic E-state index is 0.0559. The van der Waals surface area contributed by atoms with Gasteiger partial charge in [0.25, 0.3) is 0 Å². The van der Waals surface area contributed by atoms with E-state index in [9.17, 15) is 5.11 Å². The SMILES string of the molecule is COc1cc2c(c(OC)c1OC)C(O)O[C@@H]1CC=C3CCN(C)C3[C@H]21. The van der Waals surface area contributed by atoms with Crippen LogP contribution in [0.15, 0.2) is 17.7 Å². The normalized spacial score (nSPS) is 30.8. The Kier molecular flexibility index (Phi) is 4.14. The standard InChI is InChI=1S/C19H25NO5/c1-20-8-7-10-5-6-12-14(16(10)20)11-9-13(22-2)17(23-3)18(24-4)15(11)19(21)25-12/h5,9,12,14,16,19,21H,6-8H2,1-4H3/t12-,14-,16?,19?/m1/s1. The maximum Gasteiger partial charge on any atom is 0.203 e. The van der Waals surface area contributed by atoms with Crippen molar-refractivity contribution in [2.45, 2.75) is 37.2 Å². The molecule has 0 aromatic heterocycles. The van der Waals surface area contributed by atoms with Crippen LogP contribution >= 0.6 is 0 Å². The van der Waals surface area contributed by atoms with E-state index in [1.807, 2.05) is 6.07 Å². The predicted octanol–water partition coefficient (Wildman–Crippen LogP) is 2.22. The van der Waals surface area contributed by atoms with Crippen LogP contribution < -0.4 is 14.2 Å². The summed E-state index contributed by atoms with van der Waals surface area (Å²) in [6, 6.07) is 2.27. The number of likely N-dealkylation sites (tertiary alicyclic amines) is 1. The van der Waals surface area contributed by atoms with Crippen molar-refractivity contribution >= 4 is 0 Å². The number of hydrogen-bond acceptors (Lipinski definition) is 6. The number of hydrogen-bond donors (Lipinski definition) is 1. The van der Waals surface area contributed by atoms with Crippen molar-refractivity contribution in [2.75, 3.05) is 34.9 Å². The van der Waals surface area contributed by atoms with Crippen molar-refractivity contribution in [3.63, 3.8) is 0 Å². The second-order valence-corrected chi connectivity index (χ2v) is 6.89. The molecule has 1 aromatic rings. The number of aliphatic hydroxyl groups is 1. The molecule has 2 heterocycles. The Balaban J connectivity index is 1.93. The number of aliphatic hydroxyl groups excluding tert-OH is 1. The quantitative estimate of drug-likeness (QED) is 0.846. The van der Waals surface area contributed by atoms with Crippen molar-refractivity contribution in [3.05, 3.63) is 28.8 Å². The number of ether oxygens (including phenoxy) is 4. The molecule has 136 valence electrons. The Morgan fingerprint density at radius 2 is 1.92 bits per heavy atom. The smallest absolute Gasteiger partial charge is 0.203 e. The fourth-order valence-corrected chi connectivity index (χ4v) is 4.69. The molecule has 1 aliphatic carbocycles. The maximum absolute atomic E-state index is 10.7. The van der Waals surface area contributed by atoms with Crippen molar-refractivity contribution in [1.29, 1.82) is 0 Å². The van der Waals surface area contributed by atoms with Gasteiger partial charge in [0.2, 0.25) is 5.75 Å². The van der Waals surface area contributed by atoms with E-state index >= 15 is 0 Å². The van der Waals surface area contributed by atoms with Crippen LogP contribution in [-0.4, -0.2) is 57.1 Å². The van der Waals surface area contributed by atoms with E-state index < -0.39 is 6.29 Å². The zero-order chi connectivity index (χ0) is 17.7. The predicted molar refractivity (Wildman–Crippen MR) is 92.4 cm³/mol. The fraction of sp³-hybridized carbons (Fsp3) is 0.579. The average molecular weight is 347 g/mol. The second-order valence-electron chi connectivity index (χ2n) is 6.89. The van der Waals surface area contributed by atoms with E-state index in [-0.39, 0.29) is 18.1 Å². The molecule has 25 heavy (non-hydrogen) atoms. The molecule has 1 N–H and O–H groups in total. The third kappa shape index (κ3) is 2.35. The van der Waals surface area contributed by atoms with Crippen LogP contribution in [0.3, 0.4) is 0 Å². The topological polar surface area (TPSA) is 60.4 Å². The third-order valence-electron chi connectivity index (χ3n) is 5.77. The zero-order valence-corrected chi connectivity index (χ0v) is 15.1. The number of methoxy groups -OCH3 is 3. The first-order valence-corrected chi connectivity index (χ1v) is 8.66. The first-order chi connectivity index (χ1) is 12.1. The highest BCUT2D eigenvalue weighted by molar-refractivity contribution is 5.62. The summed E-state index contributed by atoms with van der Waals surface area (Å²) in [6.07, 6.45) is 3.10. The summed E-state index contributed by atoms with van der Waals surface area (Å²) in [5, 5.41) is 10.7. The van der Waals surface area contributed by atoms with Crippen molar-refractivity contribution in [2.24, 2.45) is 0 Å². The molecule has 1 fully saturated rings. The van der Waals surface area contributed by atoms with Gasteiger partial charge < -0.3 is 24.1 Å². The van der Waals surface area contributed by atoms with E-state index in [0.717, 1.165) is 24.9 Å². The summed E-state index contributed by atoms with van der Waals surface area (Å²) in [5.41, 5.74) is 3.15. The van der Waals surface area contributed by atoms with Gasteiger partial charge in [-0.3, -0.25) is 4.90 Å². The van der Waals surface area contributed by atoms with Crippen molar-refractivity contribution in [3.8, 4) is 17.2 Å². The van der Waals surface area contributed by atoms with E-state index in [1.54, 1.807) is 21.3 Å². The van der Waals surface area contributed by atoms with Crippen LogP contribution in [0.1, 0.15) is 36.2 Å². The highest BCUT2D eigenvalue weighted by atomic mass is 16.6. The Hall–Kier alpha value is -1.76.